The monoisotopic (exact) mass is 289 g/mol. The molecule has 5 nitrogen and oxygen atoms in total. The molecular weight excluding hydrogens is 266 g/mol. The number of hydrogen-bond donors (Lipinski definition) is 0. The third-order valence-corrected chi connectivity index (χ3v) is 3.59. The number of anilines is 1. The van der Waals surface area contributed by atoms with E-state index in [1.807, 2.05) is 42.7 Å². The summed E-state index contributed by atoms with van der Waals surface area (Å²) in [6.45, 7) is 8.74. The van der Waals surface area contributed by atoms with Crippen LogP contribution in [0.1, 0.15) is 19.4 Å². The Morgan fingerprint density at radius 1 is 1.33 bits per heavy atom. The molecule has 114 valence electrons. The van der Waals surface area contributed by atoms with Crippen molar-refractivity contribution < 1.29 is 9.52 Å². The van der Waals surface area contributed by atoms with E-state index in [-0.39, 0.29) is 5.91 Å². The quantitative estimate of drug-likeness (QED) is 0.481. The molecule has 0 unspecified atom stereocenters. The van der Waals surface area contributed by atoms with E-state index in [0.29, 0.717) is 37.9 Å². The molecule has 0 N–H and O–H groups in total. The van der Waals surface area contributed by atoms with E-state index in [9.17, 15) is 10.0 Å². The Hall–Kier alpha value is -2.04. The summed E-state index contributed by atoms with van der Waals surface area (Å²) in [4.78, 5) is 15.9. The normalized spacial score (nSPS) is 16.0. The van der Waals surface area contributed by atoms with Crippen molar-refractivity contribution in [2.24, 2.45) is 5.92 Å². The molecule has 0 aromatic carbocycles. The van der Waals surface area contributed by atoms with E-state index >= 15 is 0 Å². The van der Waals surface area contributed by atoms with Crippen molar-refractivity contribution in [1.82, 2.24) is 4.90 Å². The van der Waals surface area contributed by atoms with Gasteiger partial charge in [0, 0.05) is 6.07 Å². The van der Waals surface area contributed by atoms with Gasteiger partial charge in [0.25, 0.3) is 5.82 Å². The van der Waals surface area contributed by atoms with Gasteiger partial charge in [0.05, 0.1) is 19.3 Å². The van der Waals surface area contributed by atoms with E-state index in [2.05, 4.69) is 0 Å². The second-order valence-electron chi connectivity index (χ2n) is 5.80. The average molecular weight is 289 g/mol. The van der Waals surface area contributed by atoms with Gasteiger partial charge in [-0.05, 0) is 30.5 Å². The molecule has 21 heavy (non-hydrogen) atoms. The lowest BCUT2D eigenvalue weighted by Crippen LogP contribution is -2.51. The number of rotatable bonds is 3. The first-order valence-corrected chi connectivity index (χ1v) is 7.39. The molecule has 1 amide bonds. The number of carbonyl (C=O) groups excluding carboxylic acids is 1. The fraction of sp³-hybridized carbons (Fsp3) is 0.500. The maximum absolute atomic E-state index is 12.0. The molecule has 0 bridgehead atoms. The van der Waals surface area contributed by atoms with Gasteiger partial charge in [0.1, 0.15) is 13.1 Å². The van der Waals surface area contributed by atoms with Crippen LogP contribution in [-0.2, 0) is 4.79 Å². The Balaban J connectivity index is 1.97. The molecule has 2 rings (SSSR count). The molecule has 2 heterocycles. The Morgan fingerprint density at radius 3 is 2.62 bits per heavy atom. The van der Waals surface area contributed by atoms with Crippen molar-refractivity contribution in [2.75, 3.05) is 31.1 Å². The number of amides is 1. The zero-order chi connectivity index (χ0) is 15.4. The second-order valence-corrected chi connectivity index (χ2v) is 5.80. The van der Waals surface area contributed by atoms with E-state index in [1.54, 1.807) is 12.1 Å². The lowest BCUT2D eigenvalue weighted by molar-refractivity contribution is -0.592. The van der Waals surface area contributed by atoms with Gasteiger partial charge in [0.15, 0.2) is 0 Å². The Morgan fingerprint density at radius 2 is 2.00 bits per heavy atom. The van der Waals surface area contributed by atoms with E-state index in [0.717, 1.165) is 10.3 Å². The molecule has 5 heteroatoms. The van der Waals surface area contributed by atoms with Gasteiger partial charge in [0.2, 0.25) is 5.91 Å². The molecule has 1 aromatic heterocycles. The fourth-order valence-electron chi connectivity index (χ4n) is 2.34. The minimum Gasteiger partial charge on any atom is -0.711 e. The summed E-state index contributed by atoms with van der Waals surface area (Å²) in [7, 11) is 0. The first-order valence-electron chi connectivity index (χ1n) is 7.39. The van der Waals surface area contributed by atoms with Gasteiger partial charge in [-0.2, -0.15) is 0 Å². The number of nitrogens with zero attached hydrogens (tertiary/aromatic N) is 3. The van der Waals surface area contributed by atoms with Crippen LogP contribution < -0.4 is 9.63 Å². The van der Waals surface area contributed by atoms with E-state index in [1.165, 1.54) is 6.20 Å². The molecule has 0 radical (unpaired) electrons. The average Bonchev–Trinajstić information content (AvgIpc) is 2.47. The molecule has 1 saturated heterocycles. The van der Waals surface area contributed by atoms with Gasteiger partial charge >= 0.3 is 0 Å². The Kier molecular flexibility index (Phi) is 4.83. The van der Waals surface area contributed by atoms with Crippen molar-refractivity contribution in [1.29, 1.82) is 0 Å². The smallest absolute Gasteiger partial charge is 0.279 e. The van der Waals surface area contributed by atoms with Gasteiger partial charge in [-0.25, -0.2) is 4.73 Å². The van der Waals surface area contributed by atoms with Crippen molar-refractivity contribution >= 4 is 11.7 Å². The molecule has 1 aliphatic rings. The first kappa shape index (κ1) is 15.4. The highest BCUT2D eigenvalue weighted by Gasteiger charge is 2.25. The standard InChI is InChI=1S/C16H23N3O2/c1-13(2)4-5-16(20)18-10-8-17(9-11-18)15-12-14(3)6-7-19(15)21/h4-7,12-13H,8-11H2,1-3H3/b5-4+. The fourth-order valence-corrected chi connectivity index (χ4v) is 2.34. The number of pyridine rings is 1. The zero-order valence-electron chi connectivity index (χ0n) is 13.0. The predicted molar refractivity (Wildman–Crippen MR) is 82.9 cm³/mol. The summed E-state index contributed by atoms with van der Waals surface area (Å²) >= 11 is 0. The van der Waals surface area contributed by atoms with Crippen LogP contribution in [0.15, 0.2) is 30.5 Å². The minimum absolute atomic E-state index is 0.0580. The Labute approximate surface area is 126 Å². The molecule has 1 aromatic rings. The molecule has 1 aliphatic heterocycles. The number of aryl methyl sites for hydroxylation is 1. The summed E-state index contributed by atoms with van der Waals surface area (Å²) in [5.41, 5.74) is 1.07. The highest BCUT2D eigenvalue weighted by Crippen LogP contribution is 2.13. The lowest BCUT2D eigenvalue weighted by atomic mass is 10.2. The molecule has 0 saturated carbocycles. The number of carbonyl (C=O) groups is 1. The van der Waals surface area contributed by atoms with Crippen LogP contribution in [0.25, 0.3) is 0 Å². The lowest BCUT2D eigenvalue weighted by Gasteiger charge is -2.31. The van der Waals surface area contributed by atoms with Crippen molar-refractivity contribution in [3.63, 3.8) is 0 Å². The van der Waals surface area contributed by atoms with E-state index in [4.69, 9.17) is 0 Å². The molecule has 0 atom stereocenters. The van der Waals surface area contributed by atoms with Gasteiger partial charge in [-0.1, -0.05) is 19.9 Å². The summed E-state index contributed by atoms with van der Waals surface area (Å²) in [6, 6.07) is 3.69. The summed E-state index contributed by atoms with van der Waals surface area (Å²) in [6.07, 6.45) is 5.11. The Bertz CT molecular complexity index is 532. The predicted octanol–water partition coefficient (Wildman–Crippen LogP) is 1.49. The third-order valence-electron chi connectivity index (χ3n) is 3.59. The van der Waals surface area contributed by atoms with Crippen LogP contribution in [0.4, 0.5) is 5.82 Å². The topological polar surface area (TPSA) is 50.5 Å². The molecule has 0 aliphatic carbocycles. The van der Waals surface area contributed by atoms with Crippen LogP contribution in [0.3, 0.4) is 0 Å². The van der Waals surface area contributed by atoms with Crippen molar-refractivity contribution in [3.05, 3.63) is 41.3 Å². The molecule has 1 fully saturated rings. The van der Waals surface area contributed by atoms with Crippen molar-refractivity contribution in [3.8, 4) is 0 Å². The van der Waals surface area contributed by atoms with Gasteiger partial charge < -0.3 is 10.1 Å². The first-order chi connectivity index (χ1) is 9.97. The number of hydrogen-bond acceptors (Lipinski definition) is 3. The SMILES string of the molecule is Cc1cc[n+]([O-])c(N2CCN(C(=O)/C=C/C(C)C)CC2)c1. The van der Waals surface area contributed by atoms with Crippen LogP contribution in [0, 0.1) is 18.0 Å². The van der Waals surface area contributed by atoms with Crippen LogP contribution in [0.2, 0.25) is 0 Å². The zero-order valence-corrected chi connectivity index (χ0v) is 13.0. The molecular formula is C16H23N3O2. The van der Waals surface area contributed by atoms with Gasteiger partial charge in [-0.15, -0.1) is 0 Å². The van der Waals surface area contributed by atoms with Crippen molar-refractivity contribution in [2.45, 2.75) is 20.8 Å². The maximum atomic E-state index is 12.0. The highest BCUT2D eigenvalue weighted by molar-refractivity contribution is 5.87. The highest BCUT2D eigenvalue weighted by atomic mass is 16.5. The number of piperazine rings is 1. The minimum atomic E-state index is 0.0580. The number of allylic oxidation sites excluding steroid dienone is 1. The summed E-state index contributed by atoms with van der Waals surface area (Å²) in [5.74, 6) is 1.10. The van der Waals surface area contributed by atoms with Crippen LogP contribution >= 0.6 is 0 Å². The summed E-state index contributed by atoms with van der Waals surface area (Å²) in [5, 5.41) is 11.8. The van der Waals surface area contributed by atoms with Crippen LogP contribution in [-0.4, -0.2) is 37.0 Å². The van der Waals surface area contributed by atoms with E-state index < -0.39 is 0 Å². The molecule has 0 spiro atoms. The van der Waals surface area contributed by atoms with Crippen LogP contribution in [0.5, 0.6) is 0 Å². The summed E-state index contributed by atoms with van der Waals surface area (Å²) < 4.78 is 0.892. The second kappa shape index (κ2) is 6.61. The third kappa shape index (κ3) is 3.97. The van der Waals surface area contributed by atoms with Gasteiger partial charge in [-0.3, -0.25) is 9.69 Å². The number of aromatic nitrogens is 1. The maximum Gasteiger partial charge on any atom is 0.279 e. The largest absolute Gasteiger partial charge is 0.711 e.